The average molecular weight is 318 g/mol. The fraction of sp³-hybridized carbons (Fsp3) is 0.684. The number of nitrogens with zero attached hydrogens (tertiary/aromatic N) is 1. The number of ether oxygens (including phenoxy) is 2. The van der Waals surface area contributed by atoms with Crippen molar-refractivity contribution in [3.05, 3.63) is 29.8 Å². The van der Waals surface area contributed by atoms with Crippen molar-refractivity contribution in [3.8, 4) is 5.75 Å². The molecule has 2 fully saturated rings. The van der Waals surface area contributed by atoms with E-state index < -0.39 is 0 Å². The highest BCUT2D eigenvalue weighted by molar-refractivity contribution is 5.27. The van der Waals surface area contributed by atoms with Crippen LogP contribution in [0, 0.1) is 5.92 Å². The molecule has 0 aliphatic carbocycles. The zero-order valence-corrected chi connectivity index (χ0v) is 14.2. The number of nitrogens with two attached hydrogens (primary N) is 1. The molecule has 128 valence electrons. The van der Waals surface area contributed by atoms with Crippen LogP contribution >= 0.6 is 0 Å². The van der Waals surface area contributed by atoms with Gasteiger partial charge in [0.1, 0.15) is 12.4 Å². The number of hydrogen-bond donors (Lipinski definition) is 1. The third-order valence-corrected chi connectivity index (χ3v) is 5.24. The third kappa shape index (κ3) is 4.46. The lowest BCUT2D eigenvalue weighted by atomic mass is 9.90. The molecule has 2 saturated heterocycles. The van der Waals surface area contributed by atoms with E-state index in [2.05, 4.69) is 36.1 Å². The van der Waals surface area contributed by atoms with Crippen molar-refractivity contribution in [2.24, 2.45) is 11.7 Å². The highest BCUT2D eigenvalue weighted by Gasteiger charge is 2.27. The summed E-state index contributed by atoms with van der Waals surface area (Å²) in [7, 11) is 0. The smallest absolute Gasteiger partial charge is 0.119 e. The lowest BCUT2D eigenvalue weighted by Gasteiger charge is -2.39. The van der Waals surface area contributed by atoms with Gasteiger partial charge in [0.15, 0.2) is 0 Å². The van der Waals surface area contributed by atoms with Gasteiger partial charge in [0, 0.05) is 25.7 Å². The van der Waals surface area contributed by atoms with Gasteiger partial charge in [0.2, 0.25) is 0 Å². The monoisotopic (exact) mass is 318 g/mol. The molecule has 1 aromatic rings. The molecule has 0 bridgehead atoms. The Bertz CT molecular complexity index is 471. The first-order valence-electron chi connectivity index (χ1n) is 9.03. The number of likely N-dealkylation sites (tertiary alicyclic amines) is 1. The van der Waals surface area contributed by atoms with E-state index in [4.69, 9.17) is 15.2 Å². The van der Waals surface area contributed by atoms with E-state index in [0.717, 1.165) is 44.8 Å². The van der Waals surface area contributed by atoms with E-state index in [-0.39, 0.29) is 6.10 Å². The minimum atomic E-state index is 0.273. The van der Waals surface area contributed by atoms with Crippen molar-refractivity contribution in [2.45, 2.75) is 51.3 Å². The first-order chi connectivity index (χ1) is 11.3. The van der Waals surface area contributed by atoms with Crippen LogP contribution in [0.15, 0.2) is 24.3 Å². The van der Waals surface area contributed by atoms with Gasteiger partial charge in [-0.05, 0) is 55.8 Å². The summed E-state index contributed by atoms with van der Waals surface area (Å²) in [4.78, 5) is 2.54. The second kappa shape index (κ2) is 8.13. The summed E-state index contributed by atoms with van der Waals surface area (Å²) in [5, 5.41) is 0. The van der Waals surface area contributed by atoms with E-state index in [1.807, 2.05) is 0 Å². The maximum Gasteiger partial charge on any atom is 0.119 e. The van der Waals surface area contributed by atoms with Gasteiger partial charge < -0.3 is 15.2 Å². The highest BCUT2D eigenvalue weighted by atomic mass is 16.5. The molecule has 2 heterocycles. The summed E-state index contributed by atoms with van der Waals surface area (Å²) in [6.07, 6.45) is 5.12. The molecule has 2 aliphatic rings. The predicted octanol–water partition coefficient (Wildman–Crippen LogP) is 2.80. The normalized spacial score (nSPS) is 28.9. The van der Waals surface area contributed by atoms with E-state index in [1.54, 1.807) is 0 Å². The van der Waals surface area contributed by atoms with E-state index in [9.17, 15) is 0 Å². The van der Waals surface area contributed by atoms with Crippen molar-refractivity contribution < 1.29 is 9.47 Å². The van der Waals surface area contributed by atoms with Gasteiger partial charge >= 0.3 is 0 Å². The summed E-state index contributed by atoms with van der Waals surface area (Å²) in [6, 6.07) is 9.03. The molecule has 0 saturated carbocycles. The Morgan fingerprint density at radius 3 is 2.74 bits per heavy atom. The molecule has 2 N–H and O–H groups in total. The quantitative estimate of drug-likeness (QED) is 0.876. The Morgan fingerprint density at radius 1 is 1.22 bits per heavy atom. The molecule has 3 atom stereocenters. The van der Waals surface area contributed by atoms with E-state index in [1.165, 1.54) is 18.4 Å². The molecule has 3 rings (SSSR count). The van der Waals surface area contributed by atoms with Gasteiger partial charge in [-0.25, -0.2) is 0 Å². The predicted molar refractivity (Wildman–Crippen MR) is 92.6 cm³/mol. The van der Waals surface area contributed by atoms with E-state index >= 15 is 0 Å². The van der Waals surface area contributed by atoms with Crippen LogP contribution in [-0.4, -0.2) is 43.3 Å². The Balaban J connectivity index is 1.52. The van der Waals surface area contributed by atoms with Crippen LogP contribution in [0.25, 0.3) is 0 Å². The van der Waals surface area contributed by atoms with Crippen molar-refractivity contribution in [3.63, 3.8) is 0 Å². The fourth-order valence-corrected chi connectivity index (χ4v) is 3.80. The molecule has 2 aliphatic heterocycles. The molecular weight excluding hydrogens is 288 g/mol. The number of benzene rings is 1. The summed E-state index contributed by atoms with van der Waals surface area (Å²) >= 11 is 0. The van der Waals surface area contributed by atoms with Crippen LogP contribution in [-0.2, 0) is 11.3 Å². The standard InChI is InChI=1S/C19H30N2O2/c1-15-4-2-10-21(19(15)12-20)13-16-6-8-17(9-7-16)23-14-18-5-3-11-22-18/h6-9,15,18-19H,2-5,10-14,20H2,1H3. The molecule has 0 amide bonds. The first-order valence-corrected chi connectivity index (χ1v) is 9.03. The molecule has 3 unspecified atom stereocenters. The maximum atomic E-state index is 5.99. The third-order valence-electron chi connectivity index (χ3n) is 5.24. The molecule has 0 aromatic heterocycles. The summed E-state index contributed by atoms with van der Waals surface area (Å²) < 4.78 is 11.4. The number of piperidine rings is 1. The van der Waals surface area contributed by atoms with E-state index in [0.29, 0.717) is 18.6 Å². The topological polar surface area (TPSA) is 47.7 Å². The second-order valence-electron chi connectivity index (χ2n) is 6.98. The summed E-state index contributed by atoms with van der Waals surface area (Å²) in [5.74, 6) is 1.63. The SMILES string of the molecule is CC1CCCN(Cc2ccc(OCC3CCCO3)cc2)C1CN. The average Bonchev–Trinajstić information content (AvgIpc) is 3.08. The highest BCUT2D eigenvalue weighted by Crippen LogP contribution is 2.25. The molecule has 0 spiro atoms. The minimum absolute atomic E-state index is 0.273. The van der Waals surface area contributed by atoms with Crippen LogP contribution in [0.3, 0.4) is 0 Å². The maximum absolute atomic E-state index is 5.99. The van der Waals surface area contributed by atoms with Gasteiger partial charge in [-0.2, -0.15) is 0 Å². The molecule has 0 radical (unpaired) electrons. The minimum Gasteiger partial charge on any atom is -0.491 e. The Labute approximate surface area is 139 Å². The second-order valence-corrected chi connectivity index (χ2v) is 6.98. The molecular formula is C19H30N2O2. The van der Waals surface area contributed by atoms with Gasteiger partial charge in [0.05, 0.1) is 6.10 Å². The van der Waals surface area contributed by atoms with Crippen molar-refractivity contribution in [2.75, 3.05) is 26.3 Å². The Kier molecular flexibility index (Phi) is 5.92. The van der Waals surface area contributed by atoms with Crippen molar-refractivity contribution >= 4 is 0 Å². The zero-order valence-electron chi connectivity index (χ0n) is 14.2. The van der Waals surface area contributed by atoms with Crippen LogP contribution < -0.4 is 10.5 Å². The number of rotatable bonds is 6. The van der Waals surface area contributed by atoms with Crippen LogP contribution in [0.2, 0.25) is 0 Å². The lowest BCUT2D eigenvalue weighted by molar-refractivity contribution is 0.0679. The van der Waals surface area contributed by atoms with Crippen molar-refractivity contribution in [1.29, 1.82) is 0 Å². The molecule has 4 heteroatoms. The molecule has 1 aromatic carbocycles. The van der Waals surface area contributed by atoms with Crippen LogP contribution in [0.5, 0.6) is 5.75 Å². The van der Waals surface area contributed by atoms with Crippen molar-refractivity contribution in [1.82, 2.24) is 4.90 Å². The first kappa shape index (κ1) is 16.7. The summed E-state index contributed by atoms with van der Waals surface area (Å²) in [6.45, 7) is 6.76. The van der Waals surface area contributed by atoms with Crippen LogP contribution in [0.4, 0.5) is 0 Å². The van der Waals surface area contributed by atoms with Crippen LogP contribution in [0.1, 0.15) is 38.2 Å². The van der Waals surface area contributed by atoms with Gasteiger partial charge in [0.25, 0.3) is 0 Å². The Morgan fingerprint density at radius 2 is 2.04 bits per heavy atom. The Hall–Kier alpha value is -1.10. The summed E-state index contributed by atoms with van der Waals surface area (Å²) in [5.41, 5.74) is 7.32. The zero-order chi connectivity index (χ0) is 16.1. The fourth-order valence-electron chi connectivity index (χ4n) is 3.80. The largest absolute Gasteiger partial charge is 0.491 e. The lowest BCUT2D eigenvalue weighted by Crippen LogP contribution is -2.47. The van der Waals surface area contributed by atoms with Gasteiger partial charge in [-0.15, -0.1) is 0 Å². The van der Waals surface area contributed by atoms with Gasteiger partial charge in [-0.1, -0.05) is 19.1 Å². The van der Waals surface area contributed by atoms with Gasteiger partial charge in [-0.3, -0.25) is 4.90 Å². The molecule has 4 nitrogen and oxygen atoms in total. The number of hydrogen-bond acceptors (Lipinski definition) is 4. The molecule has 23 heavy (non-hydrogen) atoms.